The van der Waals surface area contributed by atoms with E-state index in [0.717, 1.165) is 53.4 Å². The van der Waals surface area contributed by atoms with Gasteiger partial charge in [-0.2, -0.15) is 0 Å². The van der Waals surface area contributed by atoms with E-state index in [1.807, 2.05) is 66.7 Å². The third kappa shape index (κ3) is 9.61. The number of hydrogen-bond acceptors (Lipinski definition) is 10. The topological polar surface area (TPSA) is 108 Å². The Labute approximate surface area is 283 Å². The summed E-state index contributed by atoms with van der Waals surface area (Å²) in [5.74, 6) is 1.33. The SMILES string of the molecule is COCCCN1CCOc2ccc(CO[C@H]3CN(C(=O)OCc4ccccc4)C[C@@H](OC[C@H](O)COC)[C@@H]3c3ccc(OC)cc3)cc21. The van der Waals surface area contributed by atoms with E-state index in [0.29, 0.717) is 26.4 Å². The van der Waals surface area contributed by atoms with Gasteiger partial charge in [0.05, 0.1) is 64.5 Å². The zero-order valence-electron chi connectivity index (χ0n) is 28.1. The summed E-state index contributed by atoms with van der Waals surface area (Å²) in [6.45, 7) is 4.18. The van der Waals surface area contributed by atoms with Gasteiger partial charge in [-0.1, -0.05) is 48.5 Å². The van der Waals surface area contributed by atoms with Crippen LogP contribution in [0.4, 0.5) is 10.5 Å². The second-order valence-electron chi connectivity index (χ2n) is 12.1. The van der Waals surface area contributed by atoms with Crippen LogP contribution in [0.15, 0.2) is 72.8 Å². The maximum atomic E-state index is 13.5. The monoisotopic (exact) mass is 664 g/mol. The molecule has 2 aliphatic rings. The molecule has 0 saturated carbocycles. The van der Waals surface area contributed by atoms with Gasteiger partial charge in [0.2, 0.25) is 0 Å². The van der Waals surface area contributed by atoms with Crippen molar-refractivity contribution in [3.8, 4) is 11.5 Å². The Morgan fingerprint density at radius 3 is 2.40 bits per heavy atom. The van der Waals surface area contributed by atoms with E-state index in [2.05, 4.69) is 11.0 Å². The molecule has 0 unspecified atom stereocenters. The number of ether oxygens (including phenoxy) is 7. The van der Waals surface area contributed by atoms with Crippen molar-refractivity contribution in [1.29, 1.82) is 0 Å². The van der Waals surface area contributed by atoms with Crippen LogP contribution >= 0.6 is 0 Å². The molecule has 0 spiro atoms. The lowest BCUT2D eigenvalue weighted by Gasteiger charge is -2.43. The minimum atomic E-state index is -0.823. The van der Waals surface area contributed by atoms with Gasteiger partial charge >= 0.3 is 6.09 Å². The standard InChI is InChI=1S/C37H48N2O9/c1-42-18-7-16-38-17-19-45-33-15-10-28(20-32(33)38)24-46-34-21-39(37(41)48-23-27-8-5-4-6-9-27)22-35(47-26-30(40)25-43-2)36(34)29-11-13-31(44-3)14-12-29/h4-6,8-15,20,30,34-36,40H,7,16-19,21-26H2,1-3H3/t30-,34+,35-,36-/m1/s1. The van der Waals surface area contributed by atoms with Gasteiger partial charge in [0, 0.05) is 33.3 Å². The van der Waals surface area contributed by atoms with Gasteiger partial charge in [-0.05, 0) is 47.4 Å². The number of methoxy groups -OCH3 is 3. The van der Waals surface area contributed by atoms with Crippen LogP contribution in [0.1, 0.15) is 29.0 Å². The molecule has 1 saturated heterocycles. The zero-order chi connectivity index (χ0) is 33.7. The number of carbonyl (C=O) groups excluding carboxylic acids is 1. The van der Waals surface area contributed by atoms with Crippen LogP contribution in [0.3, 0.4) is 0 Å². The number of nitrogens with zero attached hydrogens (tertiary/aromatic N) is 2. The summed E-state index contributed by atoms with van der Waals surface area (Å²) in [4.78, 5) is 17.4. The second-order valence-corrected chi connectivity index (χ2v) is 12.1. The van der Waals surface area contributed by atoms with Crippen molar-refractivity contribution in [3.63, 3.8) is 0 Å². The van der Waals surface area contributed by atoms with Crippen molar-refractivity contribution in [1.82, 2.24) is 4.90 Å². The van der Waals surface area contributed by atoms with Gasteiger partial charge in [0.25, 0.3) is 0 Å². The molecule has 5 rings (SSSR count). The molecular weight excluding hydrogens is 616 g/mol. The van der Waals surface area contributed by atoms with Crippen LogP contribution < -0.4 is 14.4 Å². The molecule has 11 heteroatoms. The Hall–Kier alpha value is -3.87. The van der Waals surface area contributed by atoms with Gasteiger partial charge in [-0.15, -0.1) is 0 Å². The Morgan fingerprint density at radius 1 is 0.896 bits per heavy atom. The van der Waals surface area contributed by atoms with E-state index in [1.165, 1.54) is 7.11 Å². The first-order valence-electron chi connectivity index (χ1n) is 16.5. The van der Waals surface area contributed by atoms with Gasteiger partial charge in [0.15, 0.2) is 0 Å². The third-order valence-corrected chi connectivity index (χ3v) is 8.65. The number of piperidine rings is 1. The van der Waals surface area contributed by atoms with E-state index < -0.39 is 24.4 Å². The minimum absolute atomic E-state index is 0.0362. The number of aliphatic hydroxyl groups excluding tert-OH is 1. The highest BCUT2D eigenvalue weighted by Crippen LogP contribution is 2.36. The molecule has 1 amide bonds. The van der Waals surface area contributed by atoms with Crippen LogP contribution in [-0.4, -0.2) is 108 Å². The van der Waals surface area contributed by atoms with Crippen LogP contribution in [-0.2, 0) is 36.9 Å². The fraction of sp³-hybridized carbons (Fsp3) is 0.486. The number of amides is 1. The normalized spacial score (nSPS) is 19.7. The summed E-state index contributed by atoms with van der Waals surface area (Å²) >= 11 is 0. The number of benzene rings is 3. The van der Waals surface area contributed by atoms with E-state index in [-0.39, 0.29) is 32.3 Å². The summed E-state index contributed by atoms with van der Waals surface area (Å²) in [6, 6.07) is 23.5. The van der Waals surface area contributed by atoms with Gasteiger partial charge in [-0.3, -0.25) is 0 Å². The van der Waals surface area contributed by atoms with Crippen LogP contribution in [0.2, 0.25) is 0 Å². The molecule has 11 nitrogen and oxygen atoms in total. The first-order valence-corrected chi connectivity index (χ1v) is 16.5. The largest absolute Gasteiger partial charge is 0.497 e. The highest BCUT2D eigenvalue weighted by atomic mass is 16.6. The Morgan fingerprint density at radius 2 is 1.67 bits per heavy atom. The molecule has 260 valence electrons. The number of hydrogen-bond donors (Lipinski definition) is 1. The first kappa shape index (κ1) is 35.4. The molecule has 0 aliphatic carbocycles. The van der Waals surface area contributed by atoms with Gasteiger partial charge < -0.3 is 48.1 Å². The van der Waals surface area contributed by atoms with Crippen molar-refractivity contribution >= 4 is 11.8 Å². The number of fused-ring (bicyclic) bond motifs is 1. The lowest BCUT2D eigenvalue weighted by Crippen LogP contribution is -2.55. The lowest BCUT2D eigenvalue weighted by molar-refractivity contribution is -0.109. The number of anilines is 1. The predicted molar refractivity (Wildman–Crippen MR) is 181 cm³/mol. The summed E-state index contributed by atoms with van der Waals surface area (Å²) in [5, 5.41) is 10.5. The second kappa shape index (κ2) is 18.0. The molecule has 1 fully saturated rings. The van der Waals surface area contributed by atoms with Crippen LogP contribution in [0.5, 0.6) is 11.5 Å². The van der Waals surface area contributed by atoms with Gasteiger partial charge in [-0.25, -0.2) is 4.79 Å². The number of carbonyl (C=O) groups is 1. The minimum Gasteiger partial charge on any atom is -0.497 e. The fourth-order valence-electron chi connectivity index (χ4n) is 6.22. The van der Waals surface area contributed by atoms with E-state index >= 15 is 0 Å². The maximum Gasteiger partial charge on any atom is 0.410 e. The van der Waals surface area contributed by atoms with Crippen molar-refractivity contribution in [2.24, 2.45) is 0 Å². The van der Waals surface area contributed by atoms with E-state index in [9.17, 15) is 9.90 Å². The molecular formula is C37H48N2O9. The number of rotatable bonds is 16. The Balaban J connectivity index is 1.38. The molecule has 48 heavy (non-hydrogen) atoms. The van der Waals surface area contributed by atoms with Crippen LogP contribution in [0.25, 0.3) is 0 Å². The lowest BCUT2D eigenvalue weighted by atomic mass is 9.84. The smallest absolute Gasteiger partial charge is 0.410 e. The quantitative estimate of drug-likeness (QED) is 0.218. The van der Waals surface area contributed by atoms with Gasteiger partial charge in [0.1, 0.15) is 30.8 Å². The molecule has 4 atom stereocenters. The molecule has 3 aromatic rings. The average molecular weight is 665 g/mol. The highest BCUT2D eigenvalue weighted by molar-refractivity contribution is 5.68. The molecule has 0 aromatic heterocycles. The Kier molecular flexibility index (Phi) is 13.3. The summed E-state index contributed by atoms with van der Waals surface area (Å²) < 4.78 is 40.6. The number of likely N-dealkylation sites (tertiary alicyclic amines) is 1. The number of aliphatic hydroxyl groups is 1. The highest BCUT2D eigenvalue weighted by Gasteiger charge is 2.42. The Bertz CT molecular complexity index is 1410. The average Bonchev–Trinajstić information content (AvgIpc) is 3.12. The fourth-order valence-corrected chi connectivity index (χ4v) is 6.22. The molecule has 1 N–H and O–H groups in total. The van der Waals surface area contributed by atoms with E-state index in [4.69, 9.17) is 33.2 Å². The summed E-state index contributed by atoms with van der Waals surface area (Å²) in [6.07, 6.45) is -1.31. The van der Waals surface area contributed by atoms with Crippen LogP contribution in [0, 0.1) is 0 Å². The zero-order valence-corrected chi connectivity index (χ0v) is 28.1. The molecule has 0 bridgehead atoms. The predicted octanol–water partition coefficient (Wildman–Crippen LogP) is 4.64. The molecule has 2 heterocycles. The summed E-state index contributed by atoms with van der Waals surface area (Å²) in [7, 11) is 4.88. The molecule has 0 radical (unpaired) electrons. The van der Waals surface area contributed by atoms with Crippen molar-refractivity contribution < 1.29 is 43.1 Å². The van der Waals surface area contributed by atoms with E-state index in [1.54, 1.807) is 19.1 Å². The maximum absolute atomic E-state index is 13.5. The first-order chi connectivity index (χ1) is 23.5. The molecule has 3 aromatic carbocycles. The van der Waals surface area contributed by atoms with Crippen molar-refractivity contribution in [3.05, 3.63) is 89.5 Å². The van der Waals surface area contributed by atoms with Crippen molar-refractivity contribution in [2.75, 3.05) is 78.8 Å². The third-order valence-electron chi connectivity index (χ3n) is 8.65. The molecule has 2 aliphatic heterocycles. The summed E-state index contributed by atoms with van der Waals surface area (Å²) in [5.41, 5.74) is 3.90. The van der Waals surface area contributed by atoms with Crippen molar-refractivity contribution in [2.45, 2.75) is 43.9 Å².